The van der Waals surface area contributed by atoms with Crippen molar-refractivity contribution in [1.82, 2.24) is 0 Å². The van der Waals surface area contributed by atoms with Gasteiger partial charge in [0.15, 0.2) is 5.75 Å². The third kappa shape index (κ3) is 2.74. The minimum Gasteiger partial charge on any atom is -0.428 e. The standard InChI is InChI=1S/C20H14O3S3/c24-21-18-10-9-13(12-5-1-2-6-14(12)18)17-11-19(22-25)15-7-3-4-8-16(15)20(17)23-26/h1-11,24-26H. The van der Waals surface area contributed by atoms with Crippen molar-refractivity contribution in [3.05, 3.63) is 66.7 Å². The molecule has 0 aliphatic heterocycles. The fourth-order valence-electron chi connectivity index (χ4n) is 3.28. The molecule has 130 valence electrons. The van der Waals surface area contributed by atoms with Crippen molar-refractivity contribution < 1.29 is 12.5 Å². The molecule has 4 aromatic carbocycles. The molecule has 6 heteroatoms. The van der Waals surface area contributed by atoms with E-state index in [1.807, 2.05) is 66.7 Å². The zero-order valence-corrected chi connectivity index (χ0v) is 16.1. The summed E-state index contributed by atoms with van der Waals surface area (Å²) in [6.45, 7) is 0. The summed E-state index contributed by atoms with van der Waals surface area (Å²) in [5.41, 5.74) is 1.82. The highest BCUT2D eigenvalue weighted by Crippen LogP contribution is 2.45. The molecule has 4 aromatic rings. The highest BCUT2D eigenvalue weighted by molar-refractivity contribution is 7.75. The van der Waals surface area contributed by atoms with E-state index in [4.69, 9.17) is 12.5 Å². The van der Waals surface area contributed by atoms with Gasteiger partial charge in [-0.25, -0.2) is 0 Å². The second-order valence-electron chi connectivity index (χ2n) is 5.73. The molecule has 0 aliphatic carbocycles. The van der Waals surface area contributed by atoms with E-state index in [0.717, 1.165) is 32.7 Å². The Hall–Kier alpha value is -2.15. The first kappa shape index (κ1) is 17.3. The van der Waals surface area contributed by atoms with Crippen molar-refractivity contribution in [1.29, 1.82) is 0 Å². The van der Waals surface area contributed by atoms with Crippen LogP contribution in [0.2, 0.25) is 0 Å². The number of benzene rings is 4. The summed E-state index contributed by atoms with van der Waals surface area (Å²) in [5.74, 6) is 1.99. The van der Waals surface area contributed by atoms with Crippen LogP contribution in [0.4, 0.5) is 0 Å². The molecule has 0 saturated carbocycles. The molecule has 0 unspecified atom stereocenters. The molecule has 26 heavy (non-hydrogen) atoms. The number of hydrogen-bond acceptors (Lipinski definition) is 6. The monoisotopic (exact) mass is 398 g/mol. The van der Waals surface area contributed by atoms with E-state index in [-0.39, 0.29) is 0 Å². The number of rotatable bonds is 4. The van der Waals surface area contributed by atoms with Gasteiger partial charge in [0.1, 0.15) is 11.5 Å². The van der Waals surface area contributed by atoms with Gasteiger partial charge in [-0.05, 0) is 29.1 Å². The van der Waals surface area contributed by atoms with Crippen LogP contribution in [-0.4, -0.2) is 0 Å². The van der Waals surface area contributed by atoms with Crippen molar-refractivity contribution in [2.75, 3.05) is 0 Å². The lowest BCUT2D eigenvalue weighted by Crippen LogP contribution is -1.91. The van der Waals surface area contributed by atoms with Crippen LogP contribution in [0.15, 0.2) is 66.7 Å². The third-order valence-corrected chi connectivity index (χ3v) is 5.00. The number of fused-ring (bicyclic) bond motifs is 2. The predicted octanol–water partition coefficient (Wildman–Crippen LogP) is 6.33. The maximum atomic E-state index is 5.49. The Bertz CT molecular complexity index is 1110. The van der Waals surface area contributed by atoms with Crippen molar-refractivity contribution in [3.8, 4) is 28.4 Å². The topological polar surface area (TPSA) is 27.7 Å². The summed E-state index contributed by atoms with van der Waals surface area (Å²) in [7, 11) is 0. The van der Waals surface area contributed by atoms with Gasteiger partial charge in [-0.1, -0.05) is 48.5 Å². The van der Waals surface area contributed by atoms with E-state index in [0.29, 0.717) is 17.2 Å². The van der Waals surface area contributed by atoms with Crippen LogP contribution in [0, 0.1) is 0 Å². The molecule has 0 aromatic heterocycles. The Morgan fingerprint density at radius 1 is 0.500 bits per heavy atom. The molecular weight excluding hydrogens is 384 g/mol. The van der Waals surface area contributed by atoms with E-state index >= 15 is 0 Å². The van der Waals surface area contributed by atoms with Crippen molar-refractivity contribution in [2.45, 2.75) is 0 Å². The fourth-order valence-corrected chi connectivity index (χ4v) is 3.78. The van der Waals surface area contributed by atoms with E-state index < -0.39 is 0 Å². The maximum Gasteiger partial charge on any atom is 0.152 e. The Labute approximate surface area is 167 Å². The molecule has 0 N–H and O–H groups in total. The van der Waals surface area contributed by atoms with Gasteiger partial charge in [-0.3, -0.25) is 0 Å². The second kappa shape index (κ2) is 7.23. The molecule has 0 fully saturated rings. The first-order valence-corrected chi connectivity index (χ1v) is 8.90. The van der Waals surface area contributed by atoms with Crippen LogP contribution in [-0.2, 0) is 0 Å². The minimum absolute atomic E-state index is 0.645. The van der Waals surface area contributed by atoms with Gasteiger partial charge < -0.3 is 12.5 Å². The molecule has 4 rings (SSSR count). The summed E-state index contributed by atoms with van der Waals surface area (Å²) < 4.78 is 16.0. The summed E-state index contributed by atoms with van der Waals surface area (Å²) in [5, 5.41) is 3.75. The van der Waals surface area contributed by atoms with E-state index in [2.05, 4.69) is 38.7 Å². The molecule has 3 nitrogen and oxygen atoms in total. The number of hydrogen-bond donors (Lipinski definition) is 3. The highest BCUT2D eigenvalue weighted by atomic mass is 32.1. The zero-order chi connectivity index (χ0) is 18.1. The lowest BCUT2D eigenvalue weighted by Gasteiger charge is -2.16. The molecular formula is C20H14O3S3. The summed E-state index contributed by atoms with van der Waals surface area (Å²) in [6, 6.07) is 21.5. The molecule has 0 heterocycles. The van der Waals surface area contributed by atoms with Crippen molar-refractivity contribution >= 4 is 60.3 Å². The number of thiol groups is 3. The Morgan fingerprint density at radius 2 is 1.08 bits per heavy atom. The fraction of sp³-hybridized carbons (Fsp3) is 0. The van der Waals surface area contributed by atoms with E-state index in [9.17, 15) is 0 Å². The van der Waals surface area contributed by atoms with Crippen LogP contribution in [0.3, 0.4) is 0 Å². The normalized spacial score (nSPS) is 10.9. The summed E-state index contributed by atoms with van der Waals surface area (Å²) in [4.78, 5) is 0. The zero-order valence-electron chi connectivity index (χ0n) is 13.4. The average Bonchev–Trinajstić information content (AvgIpc) is 2.71. The average molecular weight is 399 g/mol. The van der Waals surface area contributed by atoms with Crippen LogP contribution < -0.4 is 12.5 Å². The Kier molecular flexibility index (Phi) is 4.80. The lowest BCUT2D eigenvalue weighted by molar-refractivity contribution is 0.654. The predicted molar refractivity (Wildman–Crippen MR) is 116 cm³/mol. The van der Waals surface area contributed by atoms with Crippen molar-refractivity contribution in [2.24, 2.45) is 0 Å². The molecule has 0 aliphatic rings. The Balaban J connectivity index is 2.11. The highest BCUT2D eigenvalue weighted by Gasteiger charge is 2.18. The second-order valence-corrected chi connectivity index (χ2v) is 6.28. The molecule has 0 amide bonds. The molecule has 0 spiro atoms. The molecule has 0 atom stereocenters. The van der Waals surface area contributed by atoms with Gasteiger partial charge in [0.2, 0.25) is 0 Å². The van der Waals surface area contributed by atoms with Gasteiger partial charge in [-0.2, -0.15) is 0 Å². The van der Waals surface area contributed by atoms with Gasteiger partial charge >= 0.3 is 0 Å². The first-order chi connectivity index (χ1) is 12.8. The van der Waals surface area contributed by atoms with Gasteiger partial charge in [0, 0.05) is 60.5 Å². The molecule has 0 bridgehead atoms. The van der Waals surface area contributed by atoms with E-state index in [1.165, 1.54) is 0 Å². The SMILES string of the molecule is SOc1ccc(-c2cc(OS)c3ccccc3c2OS)c2ccccc12. The largest absolute Gasteiger partial charge is 0.428 e. The summed E-state index contributed by atoms with van der Waals surface area (Å²) in [6.07, 6.45) is 0. The quantitative estimate of drug-likeness (QED) is 0.277. The minimum atomic E-state index is 0.645. The van der Waals surface area contributed by atoms with Crippen LogP contribution in [0.1, 0.15) is 0 Å². The Morgan fingerprint density at radius 3 is 1.69 bits per heavy atom. The lowest BCUT2D eigenvalue weighted by atomic mass is 9.94. The maximum absolute atomic E-state index is 5.49. The van der Waals surface area contributed by atoms with Crippen LogP contribution in [0.5, 0.6) is 17.2 Å². The van der Waals surface area contributed by atoms with Gasteiger partial charge in [0.25, 0.3) is 0 Å². The van der Waals surface area contributed by atoms with Gasteiger partial charge in [-0.15, -0.1) is 0 Å². The molecule has 0 radical (unpaired) electrons. The van der Waals surface area contributed by atoms with Crippen molar-refractivity contribution in [3.63, 3.8) is 0 Å². The van der Waals surface area contributed by atoms with Crippen LogP contribution in [0.25, 0.3) is 32.7 Å². The third-order valence-electron chi connectivity index (χ3n) is 4.42. The van der Waals surface area contributed by atoms with E-state index in [1.54, 1.807) is 0 Å². The van der Waals surface area contributed by atoms with Gasteiger partial charge in [0.05, 0.1) is 0 Å². The molecule has 0 saturated heterocycles. The summed E-state index contributed by atoms with van der Waals surface area (Å²) >= 11 is 12.1. The first-order valence-electron chi connectivity index (χ1n) is 7.80. The van der Waals surface area contributed by atoms with Crippen LogP contribution >= 0.6 is 38.7 Å². The smallest absolute Gasteiger partial charge is 0.152 e.